The van der Waals surface area contributed by atoms with Crippen LogP contribution in [0.1, 0.15) is 25.5 Å². The van der Waals surface area contributed by atoms with Gasteiger partial charge in [-0.15, -0.1) is 0 Å². The van der Waals surface area contributed by atoms with Gasteiger partial charge in [0.25, 0.3) is 0 Å². The van der Waals surface area contributed by atoms with Crippen LogP contribution in [0.15, 0.2) is 35.5 Å². The van der Waals surface area contributed by atoms with Gasteiger partial charge in [0.1, 0.15) is 5.75 Å². The van der Waals surface area contributed by atoms with Crippen LogP contribution < -0.4 is 15.4 Å². The third-order valence-corrected chi connectivity index (χ3v) is 3.18. The van der Waals surface area contributed by atoms with Crippen molar-refractivity contribution >= 4 is 12.0 Å². The van der Waals surface area contributed by atoms with Crippen molar-refractivity contribution in [3.05, 3.63) is 41.1 Å². The molecular weight excluding hydrogens is 272 g/mol. The molecule has 1 heterocycles. The van der Waals surface area contributed by atoms with E-state index in [1.807, 2.05) is 25.1 Å². The summed E-state index contributed by atoms with van der Waals surface area (Å²) in [6, 6.07) is 6.35. The lowest BCUT2D eigenvalue weighted by Crippen LogP contribution is -2.45. The minimum Gasteiger partial charge on any atom is -0.494 e. The summed E-state index contributed by atoms with van der Waals surface area (Å²) in [7, 11) is 1.31. The smallest absolute Gasteiger partial charge is 0.337 e. The summed E-state index contributed by atoms with van der Waals surface area (Å²) >= 11 is 0. The molecule has 0 unspecified atom stereocenters. The van der Waals surface area contributed by atoms with Crippen molar-refractivity contribution in [3.8, 4) is 5.75 Å². The first-order valence-corrected chi connectivity index (χ1v) is 6.66. The van der Waals surface area contributed by atoms with Gasteiger partial charge < -0.3 is 20.1 Å². The third-order valence-electron chi connectivity index (χ3n) is 3.18. The highest BCUT2D eigenvalue weighted by Crippen LogP contribution is 2.29. The molecule has 0 saturated heterocycles. The summed E-state index contributed by atoms with van der Waals surface area (Å²) in [5.41, 5.74) is 1.62. The number of esters is 1. The van der Waals surface area contributed by atoms with E-state index in [4.69, 9.17) is 9.47 Å². The van der Waals surface area contributed by atoms with E-state index in [1.54, 1.807) is 13.0 Å². The van der Waals surface area contributed by atoms with E-state index in [1.165, 1.54) is 7.11 Å². The molecule has 2 rings (SSSR count). The van der Waals surface area contributed by atoms with Gasteiger partial charge >= 0.3 is 12.0 Å². The Hall–Kier alpha value is -2.50. The van der Waals surface area contributed by atoms with E-state index in [2.05, 4.69) is 10.6 Å². The van der Waals surface area contributed by atoms with Gasteiger partial charge in [-0.1, -0.05) is 12.1 Å². The zero-order chi connectivity index (χ0) is 15.4. The van der Waals surface area contributed by atoms with Crippen molar-refractivity contribution in [2.45, 2.75) is 19.9 Å². The number of methoxy groups -OCH3 is 1. The molecule has 0 bridgehead atoms. The summed E-state index contributed by atoms with van der Waals surface area (Å²) < 4.78 is 10.3. The molecule has 0 spiro atoms. The minimum atomic E-state index is -0.563. The molecule has 6 heteroatoms. The third kappa shape index (κ3) is 3.16. The maximum atomic E-state index is 12.0. The monoisotopic (exact) mass is 290 g/mol. The van der Waals surface area contributed by atoms with Crippen LogP contribution in [0.5, 0.6) is 5.75 Å². The van der Waals surface area contributed by atoms with E-state index in [-0.39, 0.29) is 6.03 Å². The van der Waals surface area contributed by atoms with Crippen molar-refractivity contribution in [1.82, 2.24) is 10.6 Å². The average molecular weight is 290 g/mol. The molecule has 2 N–H and O–H groups in total. The second-order valence-electron chi connectivity index (χ2n) is 4.57. The van der Waals surface area contributed by atoms with Gasteiger partial charge in [-0.05, 0) is 31.5 Å². The largest absolute Gasteiger partial charge is 0.494 e. The molecule has 2 amide bonds. The highest BCUT2D eigenvalue weighted by atomic mass is 16.5. The van der Waals surface area contributed by atoms with E-state index in [0.717, 1.165) is 5.56 Å². The molecule has 1 aromatic rings. The van der Waals surface area contributed by atoms with E-state index in [0.29, 0.717) is 23.6 Å². The van der Waals surface area contributed by atoms with Crippen LogP contribution in [0.25, 0.3) is 0 Å². The Bertz CT molecular complexity index is 595. The van der Waals surface area contributed by atoms with Crippen molar-refractivity contribution in [1.29, 1.82) is 0 Å². The molecule has 112 valence electrons. The maximum Gasteiger partial charge on any atom is 0.337 e. The van der Waals surface area contributed by atoms with E-state index < -0.39 is 12.0 Å². The molecule has 1 atom stereocenters. The van der Waals surface area contributed by atoms with Crippen LogP contribution in [-0.4, -0.2) is 25.7 Å². The van der Waals surface area contributed by atoms with Crippen molar-refractivity contribution in [2.24, 2.45) is 0 Å². The molecule has 0 fully saturated rings. The lowest BCUT2D eigenvalue weighted by molar-refractivity contribution is -0.136. The topological polar surface area (TPSA) is 76.7 Å². The molecule has 0 radical (unpaired) electrons. The lowest BCUT2D eigenvalue weighted by Gasteiger charge is -2.28. The zero-order valence-corrected chi connectivity index (χ0v) is 12.2. The number of rotatable bonds is 4. The van der Waals surface area contributed by atoms with Gasteiger partial charge in [-0.2, -0.15) is 0 Å². The molecule has 1 aliphatic heterocycles. The second kappa shape index (κ2) is 6.30. The van der Waals surface area contributed by atoms with Gasteiger partial charge in [0.2, 0.25) is 0 Å². The Kier molecular flexibility index (Phi) is 4.47. The standard InChI is InChI=1S/C15H18N2O4/c1-4-21-11-7-5-6-10(8-11)13-12(14(18)20-3)9(2)16-15(19)17-13/h5-8,13H,4H2,1-3H3,(H2,16,17,19)/t13-/m0/s1. The Balaban J connectivity index is 2.43. The maximum absolute atomic E-state index is 12.0. The predicted octanol–water partition coefficient (Wildman–Crippen LogP) is 1.89. The number of hydrogen-bond donors (Lipinski definition) is 2. The van der Waals surface area contributed by atoms with Crippen LogP contribution in [0.4, 0.5) is 4.79 Å². The number of benzene rings is 1. The van der Waals surface area contributed by atoms with E-state index in [9.17, 15) is 9.59 Å². The van der Waals surface area contributed by atoms with Crippen LogP contribution in [0.3, 0.4) is 0 Å². The van der Waals surface area contributed by atoms with Crippen LogP contribution in [0, 0.1) is 0 Å². The number of hydrogen-bond acceptors (Lipinski definition) is 4. The van der Waals surface area contributed by atoms with Gasteiger partial charge in [-0.25, -0.2) is 9.59 Å². The highest BCUT2D eigenvalue weighted by Gasteiger charge is 2.31. The molecule has 1 aliphatic rings. The number of carbonyl (C=O) groups is 2. The molecular formula is C15H18N2O4. The van der Waals surface area contributed by atoms with Crippen molar-refractivity contribution in [2.75, 3.05) is 13.7 Å². The SMILES string of the molecule is CCOc1cccc([C@@H]2NC(=O)NC(C)=C2C(=O)OC)c1. The lowest BCUT2D eigenvalue weighted by atomic mass is 9.95. The number of urea groups is 1. The highest BCUT2D eigenvalue weighted by molar-refractivity contribution is 5.94. The summed E-state index contributed by atoms with van der Waals surface area (Å²) in [6.07, 6.45) is 0. The number of nitrogens with one attached hydrogen (secondary N) is 2. The fraction of sp³-hybridized carbons (Fsp3) is 0.333. The first kappa shape index (κ1) is 14.9. The number of amides is 2. The molecule has 1 aromatic carbocycles. The summed E-state index contributed by atoms with van der Waals surface area (Å²) in [5, 5.41) is 5.31. The quantitative estimate of drug-likeness (QED) is 0.830. The number of allylic oxidation sites excluding steroid dienone is 1. The van der Waals surface area contributed by atoms with Gasteiger partial charge in [-0.3, -0.25) is 0 Å². The Morgan fingerprint density at radius 3 is 2.81 bits per heavy atom. The summed E-state index contributed by atoms with van der Waals surface area (Å²) in [6.45, 7) is 4.11. The van der Waals surface area contributed by atoms with Gasteiger partial charge in [0.15, 0.2) is 0 Å². The van der Waals surface area contributed by atoms with Gasteiger partial charge in [0, 0.05) is 5.70 Å². The van der Waals surface area contributed by atoms with Crippen molar-refractivity contribution in [3.63, 3.8) is 0 Å². The van der Waals surface area contributed by atoms with E-state index >= 15 is 0 Å². The molecule has 0 aromatic heterocycles. The van der Waals surface area contributed by atoms with Crippen LogP contribution >= 0.6 is 0 Å². The molecule has 0 aliphatic carbocycles. The number of ether oxygens (including phenoxy) is 2. The predicted molar refractivity (Wildman–Crippen MR) is 76.7 cm³/mol. The summed E-state index contributed by atoms with van der Waals surface area (Å²) in [5.74, 6) is 0.205. The Labute approximate surface area is 123 Å². The van der Waals surface area contributed by atoms with Crippen LogP contribution in [-0.2, 0) is 9.53 Å². The first-order valence-electron chi connectivity index (χ1n) is 6.66. The average Bonchev–Trinajstić information content (AvgIpc) is 2.46. The van der Waals surface area contributed by atoms with Crippen molar-refractivity contribution < 1.29 is 19.1 Å². The van der Waals surface area contributed by atoms with Gasteiger partial charge in [0.05, 0.1) is 25.3 Å². The minimum absolute atomic E-state index is 0.355. The second-order valence-corrected chi connectivity index (χ2v) is 4.57. The Morgan fingerprint density at radius 2 is 2.14 bits per heavy atom. The number of carbonyl (C=O) groups excluding carboxylic acids is 2. The molecule has 0 saturated carbocycles. The first-order chi connectivity index (χ1) is 10.1. The fourth-order valence-electron chi connectivity index (χ4n) is 2.27. The fourth-order valence-corrected chi connectivity index (χ4v) is 2.27. The summed E-state index contributed by atoms with van der Waals surface area (Å²) in [4.78, 5) is 23.7. The molecule has 6 nitrogen and oxygen atoms in total. The molecule has 21 heavy (non-hydrogen) atoms. The normalized spacial score (nSPS) is 17.9. The Morgan fingerprint density at radius 1 is 1.38 bits per heavy atom. The zero-order valence-electron chi connectivity index (χ0n) is 12.2. The van der Waals surface area contributed by atoms with Crippen LogP contribution in [0.2, 0.25) is 0 Å².